The van der Waals surface area contributed by atoms with Crippen molar-refractivity contribution >= 4 is 40.4 Å². The second-order valence-corrected chi connectivity index (χ2v) is 11.7. The molecule has 17 heteroatoms. The molecular weight excluding hydrogens is 676 g/mol. The normalized spacial score (nSPS) is 15.4. The van der Waals surface area contributed by atoms with Gasteiger partial charge >= 0.3 is 18.1 Å². The molecule has 0 aliphatic carbocycles. The highest BCUT2D eigenvalue weighted by molar-refractivity contribution is 6.30. The summed E-state index contributed by atoms with van der Waals surface area (Å²) in [6, 6.07) is 15.0. The van der Waals surface area contributed by atoms with Crippen molar-refractivity contribution in [3.8, 4) is 5.88 Å². The lowest BCUT2D eigenvalue weighted by molar-refractivity contribution is -0.192. The molecule has 0 radical (unpaired) electrons. The third-order valence-corrected chi connectivity index (χ3v) is 8.08. The first-order chi connectivity index (χ1) is 23.3. The molecule has 0 spiro atoms. The lowest BCUT2D eigenvalue weighted by atomic mass is 10.1. The van der Waals surface area contributed by atoms with Crippen LogP contribution in [0.4, 0.5) is 23.4 Å². The number of carbonyl (C=O) groups is 2. The molecule has 3 aromatic heterocycles. The van der Waals surface area contributed by atoms with Crippen LogP contribution in [-0.2, 0) is 42.3 Å². The number of nitrogens with zero attached hydrogens (tertiary/aromatic N) is 6. The van der Waals surface area contributed by atoms with E-state index in [1.807, 2.05) is 23.0 Å². The van der Waals surface area contributed by atoms with Crippen LogP contribution >= 0.6 is 11.6 Å². The average molecular weight is 703 g/mol. The number of halogens is 5. The summed E-state index contributed by atoms with van der Waals surface area (Å²) in [6.45, 7) is 3.05. The third-order valence-electron chi connectivity index (χ3n) is 7.85. The van der Waals surface area contributed by atoms with Crippen molar-refractivity contribution in [2.45, 2.75) is 51.5 Å². The van der Waals surface area contributed by atoms with Gasteiger partial charge in [-0.25, -0.2) is 19.0 Å². The van der Waals surface area contributed by atoms with Gasteiger partial charge in [-0.15, -0.1) is 0 Å². The Morgan fingerprint density at radius 1 is 1.06 bits per heavy atom. The van der Waals surface area contributed by atoms with Gasteiger partial charge < -0.3 is 29.2 Å². The number of hydrogen-bond donors (Lipinski definition) is 2. The lowest BCUT2D eigenvalue weighted by Crippen LogP contribution is -2.32. The van der Waals surface area contributed by atoms with Crippen LogP contribution in [0.25, 0.3) is 11.0 Å². The number of aromatic nitrogens is 5. The summed E-state index contributed by atoms with van der Waals surface area (Å²) in [4.78, 5) is 32.0. The summed E-state index contributed by atoms with van der Waals surface area (Å²) in [7, 11) is 0. The molecule has 5 aromatic rings. The molecule has 0 bridgehead atoms. The minimum absolute atomic E-state index is 0.0432. The van der Waals surface area contributed by atoms with Crippen LogP contribution < -0.4 is 9.64 Å². The number of hydrogen-bond acceptors (Lipinski definition) is 8. The van der Waals surface area contributed by atoms with E-state index in [0.717, 1.165) is 47.0 Å². The van der Waals surface area contributed by atoms with E-state index in [2.05, 4.69) is 14.5 Å². The van der Waals surface area contributed by atoms with Crippen molar-refractivity contribution in [3.05, 3.63) is 99.8 Å². The minimum Gasteiger partial charge on any atom is -0.478 e. The number of carboxylic acid groups (broad SMARTS) is 2. The van der Waals surface area contributed by atoms with Gasteiger partial charge in [-0.3, -0.25) is 4.68 Å². The standard InChI is InChI=1S/C30H26ClFN6O4.C2HF3O2/c31-21-6-4-19(23(32)11-21)17-42-29-3-1-2-27(34-29)36-12-20-13-37(35-25(20)15-36)16-28-33-24-7-5-18(30(39)40)10-26(24)38(28)14-22-8-9-41-22;3-2(4,5)1(6)7/h1-7,10-11,13,22H,8-9,12,14-17H2,(H,39,40);(H,6,7)/t22-;/m0./s1. The number of pyridine rings is 1. The third kappa shape index (κ3) is 7.76. The Labute approximate surface area is 280 Å². The maximum Gasteiger partial charge on any atom is 0.490 e. The molecule has 2 N–H and O–H groups in total. The topological polar surface area (TPSA) is 145 Å². The SMILES string of the molecule is O=C(O)C(F)(F)F.O=C(O)c1ccc2nc(Cn3cc4c(n3)CN(c3cccc(OCc5ccc(Cl)cc5F)n3)C4)n(C[C@@H]3CCO3)c2c1. The molecule has 256 valence electrons. The molecule has 1 saturated heterocycles. The van der Waals surface area contributed by atoms with Gasteiger partial charge in [0, 0.05) is 41.6 Å². The van der Waals surface area contributed by atoms with E-state index < -0.39 is 23.9 Å². The number of anilines is 1. The van der Waals surface area contributed by atoms with Gasteiger partial charge in [-0.1, -0.05) is 23.7 Å². The molecule has 5 heterocycles. The van der Waals surface area contributed by atoms with Gasteiger partial charge in [-0.05, 0) is 42.8 Å². The molecule has 0 saturated carbocycles. The predicted octanol–water partition coefficient (Wildman–Crippen LogP) is 5.69. The summed E-state index contributed by atoms with van der Waals surface area (Å²) < 4.78 is 61.2. The zero-order chi connectivity index (χ0) is 34.9. The van der Waals surface area contributed by atoms with E-state index in [4.69, 9.17) is 41.1 Å². The summed E-state index contributed by atoms with van der Waals surface area (Å²) >= 11 is 5.84. The maximum absolute atomic E-state index is 14.1. The summed E-state index contributed by atoms with van der Waals surface area (Å²) in [5.41, 5.74) is 4.18. The molecule has 2 aliphatic heterocycles. The van der Waals surface area contributed by atoms with Gasteiger partial charge in [0.1, 0.15) is 24.1 Å². The van der Waals surface area contributed by atoms with Gasteiger partial charge in [0.05, 0.1) is 48.0 Å². The Bertz CT molecular complexity index is 2010. The molecule has 0 unspecified atom stereocenters. The van der Waals surface area contributed by atoms with Crippen LogP contribution in [0.1, 0.15) is 39.4 Å². The molecule has 2 aliphatic rings. The van der Waals surface area contributed by atoms with Crippen LogP contribution in [-0.4, -0.2) is 65.4 Å². The number of rotatable bonds is 9. The van der Waals surface area contributed by atoms with Crippen LogP contribution in [0.3, 0.4) is 0 Å². The number of aliphatic carboxylic acids is 1. The predicted molar refractivity (Wildman–Crippen MR) is 166 cm³/mol. The van der Waals surface area contributed by atoms with Crippen LogP contribution in [0, 0.1) is 5.82 Å². The Balaban J connectivity index is 0.000000540. The monoisotopic (exact) mass is 702 g/mol. The molecule has 0 amide bonds. The highest BCUT2D eigenvalue weighted by Gasteiger charge is 2.38. The van der Waals surface area contributed by atoms with Gasteiger partial charge in [0.25, 0.3) is 0 Å². The first-order valence-corrected chi connectivity index (χ1v) is 15.2. The zero-order valence-electron chi connectivity index (χ0n) is 25.4. The summed E-state index contributed by atoms with van der Waals surface area (Å²) in [5, 5.41) is 21.8. The lowest BCUT2D eigenvalue weighted by Gasteiger charge is -2.27. The fourth-order valence-electron chi connectivity index (χ4n) is 5.31. The molecule has 1 fully saturated rings. The summed E-state index contributed by atoms with van der Waals surface area (Å²) in [6.07, 6.45) is -2.02. The van der Waals surface area contributed by atoms with E-state index in [-0.39, 0.29) is 18.3 Å². The Kier molecular flexibility index (Phi) is 9.43. The number of fused-ring (bicyclic) bond motifs is 2. The highest BCUT2D eigenvalue weighted by Crippen LogP contribution is 2.29. The van der Waals surface area contributed by atoms with Gasteiger partial charge in [0.15, 0.2) is 0 Å². The number of ether oxygens (including phenoxy) is 2. The first kappa shape index (κ1) is 33.7. The fraction of sp³-hybridized carbons (Fsp3) is 0.281. The van der Waals surface area contributed by atoms with Crippen molar-refractivity contribution in [1.82, 2.24) is 24.3 Å². The quantitative estimate of drug-likeness (QED) is 0.184. The average Bonchev–Trinajstić information content (AvgIpc) is 3.69. The molecule has 1 atom stereocenters. The minimum atomic E-state index is -5.08. The van der Waals surface area contributed by atoms with Crippen molar-refractivity contribution in [2.75, 3.05) is 11.5 Å². The smallest absolute Gasteiger partial charge is 0.478 e. The van der Waals surface area contributed by atoms with Crippen LogP contribution in [0.2, 0.25) is 5.02 Å². The van der Waals surface area contributed by atoms with Crippen LogP contribution in [0.5, 0.6) is 5.88 Å². The number of aromatic carboxylic acids is 1. The number of benzene rings is 2. The molecule has 12 nitrogen and oxygen atoms in total. The van der Waals surface area contributed by atoms with E-state index in [1.54, 1.807) is 36.4 Å². The van der Waals surface area contributed by atoms with Gasteiger partial charge in [-0.2, -0.15) is 23.3 Å². The second kappa shape index (κ2) is 13.7. The first-order valence-electron chi connectivity index (χ1n) is 14.8. The molecule has 2 aromatic carbocycles. The van der Waals surface area contributed by atoms with Gasteiger partial charge in [0.2, 0.25) is 5.88 Å². The Morgan fingerprint density at radius 2 is 1.84 bits per heavy atom. The fourth-order valence-corrected chi connectivity index (χ4v) is 5.47. The maximum atomic E-state index is 14.1. The second-order valence-electron chi connectivity index (χ2n) is 11.2. The summed E-state index contributed by atoms with van der Waals surface area (Å²) in [5.74, 6) is -2.21. The van der Waals surface area contributed by atoms with Crippen molar-refractivity contribution in [2.24, 2.45) is 0 Å². The Hall–Kier alpha value is -5.22. The van der Waals surface area contributed by atoms with E-state index in [9.17, 15) is 27.5 Å². The van der Waals surface area contributed by atoms with Crippen LogP contribution in [0.15, 0.2) is 60.8 Å². The van der Waals surface area contributed by atoms with Crippen molar-refractivity contribution < 1.29 is 46.8 Å². The Morgan fingerprint density at radius 3 is 2.49 bits per heavy atom. The number of alkyl halides is 3. The largest absolute Gasteiger partial charge is 0.490 e. The number of imidazole rings is 1. The zero-order valence-corrected chi connectivity index (χ0v) is 26.2. The van der Waals surface area contributed by atoms with E-state index in [0.29, 0.717) is 42.6 Å². The van der Waals surface area contributed by atoms with E-state index >= 15 is 0 Å². The highest BCUT2D eigenvalue weighted by atomic mass is 35.5. The van der Waals surface area contributed by atoms with E-state index in [1.165, 1.54) is 6.07 Å². The molecular formula is C32H27ClF4N6O6. The van der Waals surface area contributed by atoms with Crippen molar-refractivity contribution in [1.29, 1.82) is 0 Å². The molecule has 49 heavy (non-hydrogen) atoms. The molecule has 7 rings (SSSR count). The number of carboxylic acids is 2. The van der Waals surface area contributed by atoms with Crippen molar-refractivity contribution in [3.63, 3.8) is 0 Å².